The Balaban J connectivity index is 5.25. The van der Waals surface area contributed by atoms with Gasteiger partial charge in [0.15, 0.2) is 12.2 Å². The third-order valence-electron chi connectivity index (χ3n) is 14.4. The second-order valence-electron chi connectivity index (χ2n) is 24.2. The quantitative estimate of drug-likeness (QED) is 0.0222. The largest absolute Gasteiger partial charge is 0.472 e. The number of phosphoric ester groups is 2. The van der Waals surface area contributed by atoms with Gasteiger partial charge >= 0.3 is 39.5 Å². The predicted octanol–water partition coefficient (Wildman–Crippen LogP) is 17.1. The molecule has 82 heavy (non-hydrogen) atoms. The molecule has 0 bridgehead atoms. The Kier molecular flexibility index (Phi) is 53.2. The van der Waals surface area contributed by atoms with Gasteiger partial charge in [0.25, 0.3) is 0 Å². The molecule has 0 rings (SSSR count). The van der Waals surface area contributed by atoms with Crippen LogP contribution >= 0.6 is 15.6 Å². The Morgan fingerprint density at radius 1 is 0.329 bits per heavy atom. The van der Waals surface area contributed by atoms with E-state index in [0.29, 0.717) is 31.6 Å². The Morgan fingerprint density at radius 3 is 0.829 bits per heavy atom. The van der Waals surface area contributed by atoms with Gasteiger partial charge < -0.3 is 33.8 Å². The van der Waals surface area contributed by atoms with E-state index in [1.165, 1.54) is 116 Å². The highest BCUT2D eigenvalue weighted by Crippen LogP contribution is 2.45. The van der Waals surface area contributed by atoms with Crippen LogP contribution in [0, 0.1) is 17.8 Å². The van der Waals surface area contributed by atoms with Gasteiger partial charge in [-0.2, -0.15) is 0 Å². The van der Waals surface area contributed by atoms with E-state index >= 15 is 0 Å². The van der Waals surface area contributed by atoms with Crippen molar-refractivity contribution in [3.8, 4) is 0 Å². The average molecular weight is 1210 g/mol. The molecule has 0 spiro atoms. The van der Waals surface area contributed by atoms with E-state index in [0.717, 1.165) is 102 Å². The van der Waals surface area contributed by atoms with E-state index in [1.807, 2.05) is 0 Å². The molecule has 0 aliphatic heterocycles. The fraction of sp³-hybridized carbons (Fsp3) is 0.937. The van der Waals surface area contributed by atoms with E-state index in [1.54, 1.807) is 0 Å². The van der Waals surface area contributed by atoms with Crippen LogP contribution in [0.1, 0.15) is 305 Å². The van der Waals surface area contributed by atoms with Crippen LogP contribution in [0.3, 0.4) is 0 Å². The molecule has 0 saturated heterocycles. The number of aliphatic hydroxyl groups is 1. The van der Waals surface area contributed by atoms with Gasteiger partial charge in [-0.05, 0) is 43.4 Å². The summed E-state index contributed by atoms with van der Waals surface area (Å²) in [5, 5.41) is 10.5. The Labute approximate surface area is 498 Å². The van der Waals surface area contributed by atoms with Crippen molar-refractivity contribution in [1.29, 1.82) is 0 Å². The van der Waals surface area contributed by atoms with Crippen molar-refractivity contribution in [2.45, 2.75) is 324 Å². The topological polar surface area (TPSA) is 237 Å². The van der Waals surface area contributed by atoms with Crippen molar-refractivity contribution in [3.05, 3.63) is 0 Å². The summed E-state index contributed by atoms with van der Waals surface area (Å²) < 4.78 is 67.9. The summed E-state index contributed by atoms with van der Waals surface area (Å²) in [6, 6.07) is 0. The van der Waals surface area contributed by atoms with Gasteiger partial charge in [-0.1, -0.05) is 254 Å². The fourth-order valence-electron chi connectivity index (χ4n) is 9.30. The van der Waals surface area contributed by atoms with Crippen molar-refractivity contribution in [2.75, 3.05) is 39.6 Å². The van der Waals surface area contributed by atoms with Gasteiger partial charge in [0, 0.05) is 25.7 Å². The molecule has 0 aliphatic rings. The first kappa shape index (κ1) is 80.1. The number of carbonyl (C=O) groups excluding carboxylic acids is 4. The van der Waals surface area contributed by atoms with Gasteiger partial charge in [-0.3, -0.25) is 37.3 Å². The number of carbonyl (C=O) groups is 4. The predicted molar refractivity (Wildman–Crippen MR) is 326 cm³/mol. The Bertz CT molecular complexity index is 1630. The maximum absolute atomic E-state index is 13.0. The number of esters is 4. The molecule has 19 heteroatoms. The average Bonchev–Trinajstić information content (AvgIpc) is 3.42. The monoisotopic (exact) mass is 1210 g/mol. The number of rotatable bonds is 61. The van der Waals surface area contributed by atoms with Crippen molar-refractivity contribution in [2.24, 2.45) is 17.8 Å². The van der Waals surface area contributed by atoms with Crippen molar-refractivity contribution < 1.29 is 80.2 Å². The maximum Gasteiger partial charge on any atom is 0.472 e. The molecule has 0 radical (unpaired) electrons. The first-order valence-corrected chi connectivity index (χ1v) is 35.8. The van der Waals surface area contributed by atoms with E-state index in [2.05, 4.69) is 48.5 Å². The number of phosphoric acid groups is 2. The van der Waals surface area contributed by atoms with Crippen LogP contribution in [-0.2, 0) is 65.4 Å². The van der Waals surface area contributed by atoms with Crippen LogP contribution in [0.4, 0.5) is 0 Å². The molecule has 0 aromatic heterocycles. The van der Waals surface area contributed by atoms with Crippen molar-refractivity contribution in [3.63, 3.8) is 0 Å². The SMILES string of the molecule is CCCCCCCCCCCC(=O)OC[C@H](COP(=O)(O)OC[C@H](O)COP(=O)(O)OC[C@@H](COC(=O)CCCCCCCCCCC(C)C)OC(=O)CCCCCCCCCCCC(C)C)OC(=O)CCCCCCCCCC(C)C. The fourth-order valence-corrected chi connectivity index (χ4v) is 10.9. The summed E-state index contributed by atoms with van der Waals surface area (Å²) >= 11 is 0. The minimum absolute atomic E-state index is 0.103. The molecular formula is C63H122O17P2. The maximum atomic E-state index is 13.0. The zero-order valence-electron chi connectivity index (χ0n) is 52.9. The van der Waals surface area contributed by atoms with Crippen molar-refractivity contribution >= 4 is 39.5 Å². The van der Waals surface area contributed by atoms with Crippen LogP contribution in [0.25, 0.3) is 0 Å². The van der Waals surface area contributed by atoms with Gasteiger partial charge in [0.05, 0.1) is 26.4 Å². The molecule has 0 aromatic rings. The van der Waals surface area contributed by atoms with E-state index in [9.17, 15) is 43.2 Å². The molecule has 0 aliphatic carbocycles. The summed E-state index contributed by atoms with van der Waals surface area (Å²) in [7, 11) is -9.88. The number of ether oxygens (including phenoxy) is 4. The summed E-state index contributed by atoms with van der Waals surface area (Å²) in [5.41, 5.74) is 0. The molecule has 0 fully saturated rings. The minimum Gasteiger partial charge on any atom is -0.462 e. The molecule has 2 unspecified atom stereocenters. The Morgan fingerprint density at radius 2 is 0.561 bits per heavy atom. The highest BCUT2D eigenvalue weighted by Gasteiger charge is 2.30. The third-order valence-corrected chi connectivity index (χ3v) is 16.3. The molecular weight excluding hydrogens is 1090 g/mol. The summed E-state index contributed by atoms with van der Waals surface area (Å²) in [6.07, 6.45) is 35.0. The first-order valence-electron chi connectivity index (χ1n) is 32.8. The zero-order chi connectivity index (χ0) is 61.0. The molecule has 486 valence electrons. The molecule has 5 atom stereocenters. The van der Waals surface area contributed by atoms with Crippen LogP contribution in [-0.4, -0.2) is 96.7 Å². The molecule has 3 N–H and O–H groups in total. The number of hydrogen-bond acceptors (Lipinski definition) is 15. The molecule has 17 nitrogen and oxygen atoms in total. The standard InChI is InChI=1S/C63H122O17P2/c1-8-9-10-11-12-14-23-30-37-44-60(65)73-51-59(80-63(68)47-40-33-26-19-22-29-36-43-56(6)7)53-78-82(71,72)76-49-57(64)48-75-81(69,70)77-52-58(50-74-61(66)45-38-31-24-18-17-21-28-35-42-55(4)5)79-62(67)46-39-32-25-16-13-15-20-27-34-41-54(2)3/h54-59,64H,8-53H2,1-7H3,(H,69,70)(H,71,72)/t57-,58-,59-/m1/s1. The smallest absolute Gasteiger partial charge is 0.462 e. The highest BCUT2D eigenvalue weighted by atomic mass is 31.2. The summed E-state index contributed by atoms with van der Waals surface area (Å²) in [5.74, 6) is 0.0180. The second-order valence-corrected chi connectivity index (χ2v) is 27.1. The lowest BCUT2D eigenvalue weighted by Gasteiger charge is -2.21. The van der Waals surface area contributed by atoms with E-state index < -0.39 is 97.5 Å². The van der Waals surface area contributed by atoms with Crippen LogP contribution in [0.2, 0.25) is 0 Å². The van der Waals surface area contributed by atoms with Crippen LogP contribution < -0.4 is 0 Å². The molecule has 0 heterocycles. The van der Waals surface area contributed by atoms with Gasteiger partial charge in [-0.15, -0.1) is 0 Å². The molecule has 0 saturated carbocycles. The van der Waals surface area contributed by atoms with Gasteiger partial charge in [0.2, 0.25) is 0 Å². The first-order chi connectivity index (χ1) is 39.2. The number of aliphatic hydroxyl groups excluding tert-OH is 1. The molecule has 0 aromatic carbocycles. The Hall–Kier alpha value is -1.94. The number of hydrogen-bond donors (Lipinski definition) is 3. The van der Waals surface area contributed by atoms with Gasteiger partial charge in [0.1, 0.15) is 19.3 Å². The van der Waals surface area contributed by atoms with Crippen LogP contribution in [0.5, 0.6) is 0 Å². The van der Waals surface area contributed by atoms with Gasteiger partial charge in [-0.25, -0.2) is 9.13 Å². The van der Waals surface area contributed by atoms with Crippen LogP contribution in [0.15, 0.2) is 0 Å². The minimum atomic E-state index is -4.94. The lowest BCUT2D eigenvalue weighted by Crippen LogP contribution is -2.30. The lowest BCUT2D eigenvalue weighted by atomic mass is 10.0. The number of unbranched alkanes of at least 4 members (excludes halogenated alkanes) is 29. The highest BCUT2D eigenvalue weighted by molar-refractivity contribution is 7.47. The summed E-state index contributed by atoms with van der Waals surface area (Å²) in [4.78, 5) is 72.1. The van der Waals surface area contributed by atoms with Crippen molar-refractivity contribution in [1.82, 2.24) is 0 Å². The van der Waals surface area contributed by atoms with E-state index in [-0.39, 0.29) is 25.7 Å². The molecule has 0 amide bonds. The summed E-state index contributed by atoms with van der Waals surface area (Å²) in [6.45, 7) is 11.6. The zero-order valence-corrected chi connectivity index (χ0v) is 54.7. The lowest BCUT2D eigenvalue weighted by molar-refractivity contribution is -0.161. The van der Waals surface area contributed by atoms with E-state index in [4.69, 9.17) is 37.0 Å². The third kappa shape index (κ3) is 57.2. The normalized spacial score (nSPS) is 14.4. The second kappa shape index (κ2) is 54.5.